The minimum absolute atomic E-state index is 0.201. The Kier molecular flexibility index (Phi) is 3.39. The van der Waals surface area contributed by atoms with Gasteiger partial charge in [0.15, 0.2) is 6.10 Å². The average molecular weight is 270 g/mol. The maximum Gasteiger partial charge on any atom is 0.338 e. The van der Waals surface area contributed by atoms with E-state index in [4.69, 9.17) is 9.47 Å². The van der Waals surface area contributed by atoms with Crippen LogP contribution in [0.4, 0.5) is 0 Å². The maximum atomic E-state index is 11.3. The molecule has 0 aliphatic carbocycles. The van der Waals surface area contributed by atoms with E-state index in [1.807, 2.05) is 54.6 Å². The van der Waals surface area contributed by atoms with Crippen LogP contribution in [0.2, 0.25) is 0 Å². The topological polar surface area (TPSA) is 48.1 Å². The lowest BCUT2D eigenvalue weighted by Gasteiger charge is -2.05. The van der Waals surface area contributed by atoms with Crippen molar-refractivity contribution in [2.24, 2.45) is 0 Å². The van der Waals surface area contributed by atoms with Gasteiger partial charge in [-0.15, -0.1) is 0 Å². The van der Waals surface area contributed by atoms with Crippen LogP contribution in [0.15, 0.2) is 54.6 Å². The van der Waals surface area contributed by atoms with Crippen LogP contribution >= 0.6 is 0 Å². The van der Waals surface area contributed by atoms with Crippen molar-refractivity contribution in [3.63, 3.8) is 0 Å². The quantitative estimate of drug-likeness (QED) is 0.632. The van der Waals surface area contributed by atoms with Crippen molar-refractivity contribution in [2.45, 2.75) is 12.2 Å². The fraction of sp³-hybridized carbons (Fsp3) is 0.188. The fourth-order valence-electron chi connectivity index (χ4n) is 2.01. The summed E-state index contributed by atoms with van der Waals surface area (Å²) in [6, 6.07) is 17.1. The zero-order chi connectivity index (χ0) is 13.9. The minimum Gasteiger partial charge on any atom is -0.467 e. The highest BCUT2D eigenvalue weighted by atomic mass is 16.6. The molecule has 0 radical (unpaired) electrons. The van der Waals surface area contributed by atoms with E-state index in [1.165, 1.54) is 7.11 Å². The molecule has 2 aromatic carbocycles. The number of methoxy groups -OCH3 is 1. The molecule has 1 aliphatic heterocycles. The molecule has 2 atom stereocenters. The number of epoxide rings is 1. The van der Waals surface area contributed by atoms with Crippen molar-refractivity contribution in [2.75, 3.05) is 7.11 Å². The first-order valence-electron chi connectivity index (χ1n) is 6.34. The fourth-order valence-corrected chi connectivity index (χ4v) is 2.01. The van der Waals surface area contributed by atoms with Crippen LogP contribution in [0.1, 0.15) is 11.7 Å². The van der Waals surface area contributed by atoms with Gasteiger partial charge in [-0.05, 0) is 29.8 Å². The highest BCUT2D eigenvalue weighted by Crippen LogP contribution is 2.40. The summed E-state index contributed by atoms with van der Waals surface area (Å²) >= 11 is 0. The second kappa shape index (κ2) is 5.35. The van der Waals surface area contributed by atoms with Gasteiger partial charge in [-0.3, -0.25) is 0 Å². The van der Waals surface area contributed by atoms with Crippen LogP contribution in [0.25, 0.3) is 0 Å². The van der Waals surface area contributed by atoms with Gasteiger partial charge in [-0.25, -0.2) is 4.79 Å². The van der Waals surface area contributed by atoms with Crippen molar-refractivity contribution >= 4 is 5.97 Å². The van der Waals surface area contributed by atoms with Crippen LogP contribution in [-0.4, -0.2) is 19.2 Å². The lowest BCUT2D eigenvalue weighted by molar-refractivity contribution is -0.142. The second-order valence-corrected chi connectivity index (χ2v) is 4.48. The van der Waals surface area contributed by atoms with Gasteiger partial charge in [0.25, 0.3) is 0 Å². The van der Waals surface area contributed by atoms with Crippen molar-refractivity contribution in [3.8, 4) is 11.5 Å². The third kappa shape index (κ3) is 2.65. The van der Waals surface area contributed by atoms with Crippen LogP contribution in [0, 0.1) is 0 Å². The number of para-hydroxylation sites is 1. The number of benzene rings is 2. The van der Waals surface area contributed by atoms with E-state index in [0.29, 0.717) is 0 Å². The molecule has 0 amide bonds. The molecule has 1 aliphatic rings. The summed E-state index contributed by atoms with van der Waals surface area (Å²) in [5, 5.41) is 0. The van der Waals surface area contributed by atoms with Crippen molar-refractivity contribution in [3.05, 3.63) is 60.2 Å². The van der Waals surface area contributed by atoms with Gasteiger partial charge < -0.3 is 14.2 Å². The zero-order valence-corrected chi connectivity index (χ0v) is 11.0. The molecular formula is C16H14O4. The molecule has 0 N–H and O–H groups in total. The van der Waals surface area contributed by atoms with E-state index < -0.39 is 6.10 Å². The summed E-state index contributed by atoms with van der Waals surface area (Å²) in [6.07, 6.45) is -0.672. The Morgan fingerprint density at radius 2 is 1.65 bits per heavy atom. The summed E-state index contributed by atoms with van der Waals surface area (Å²) in [5.74, 6) is 1.20. The first-order valence-corrected chi connectivity index (χ1v) is 6.34. The zero-order valence-electron chi connectivity index (χ0n) is 11.0. The normalized spacial score (nSPS) is 20.2. The molecule has 1 saturated heterocycles. The number of hydrogen-bond donors (Lipinski definition) is 0. The van der Waals surface area contributed by atoms with E-state index in [0.717, 1.165) is 17.1 Å². The van der Waals surface area contributed by atoms with Gasteiger partial charge in [0.2, 0.25) is 0 Å². The first kappa shape index (κ1) is 12.7. The Morgan fingerprint density at radius 3 is 2.30 bits per heavy atom. The molecule has 0 aromatic heterocycles. The molecule has 0 saturated carbocycles. The van der Waals surface area contributed by atoms with Gasteiger partial charge in [-0.1, -0.05) is 30.3 Å². The van der Waals surface area contributed by atoms with Crippen molar-refractivity contribution < 1.29 is 19.0 Å². The molecule has 0 spiro atoms. The van der Waals surface area contributed by atoms with Gasteiger partial charge in [0.1, 0.15) is 17.6 Å². The highest BCUT2D eigenvalue weighted by molar-refractivity contribution is 5.78. The van der Waals surface area contributed by atoms with Gasteiger partial charge in [0, 0.05) is 0 Å². The lowest BCUT2D eigenvalue weighted by atomic mass is 10.1. The van der Waals surface area contributed by atoms with Crippen LogP contribution in [0.3, 0.4) is 0 Å². The van der Waals surface area contributed by atoms with Gasteiger partial charge in [-0.2, -0.15) is 0 Å². The molecule has 102 valence electrons. The molecule has 4 nitrogen and oxygen atoms in total. The molecule has 20 heavy (non-hydrogen) atoms. The van der Waals surface area contributed by atoms with E-state index in [-0.39, 0.29) is 12.1 Å². The number of esters is 1. The predicted molar refractivity (Wildman–Crippen MR) is 72.6 cm³/mol. The third-order valence-electron chi connectivity index (χ3n) is 3.11. The molecule has 4 heteroatoms. The van der Waals surface area contributed by atoms with E-state index in [1.54, 1.807) is 0 Å². The van der Waals surface area contributed by atoms with Crippen molar-refractivity contribution in [1.29, 1.82) is 0 Å². The summed E-state index contributed by atoms with van der Waals surface area (Å²) in [4.78, 5) is 11.3. The van der Waals surface area contributed by atoms with Gasteiger partial charge in [0.05, 0.1) is 7.11 Å². The number of carbonyl (C=O) groups excluding carboxylic acids is 1. The molecule has 2 unspecified atom stereocenters. The van der Waals surface area contributed by atoms with E-state index in [9.17, 15) is 4.79 Å². The summed E-state index contributed by atoms with van der Waals surface area (Å²) in [7, 11) is 1.36. The average Bonchev–Trinajstić information content (AvgIpc) is 3.29. The number of ether oxygens (including phenoxy) is 3. The second-order valence-electron chi connectivity index (χ2n) is 4.48. The Morgan fingerprint density at radius 1 is 1.00 bits per heavy atom. The van der Waals surface area contributed by atoms with Crippen LogP contribution in [-0.2, 0) is 14.3 Å². The molecular weight excluding hydrogens is 256 g/mol. The summed E-state index contributed by atoms with van der Waals surface area (Å²) in [5.41, 5.74) is 0.945. The third-order valence-corrected chi connectivity index (χ3v) is 3.11. The monoisotopic (exact) mass is 270 g/mol. The Labute approximate surface area is 116 Å². The largest absolute Gasteiger partial charge is 0.467 e. The number of rotatable bonds is 4. The minimum atomic E-state index is -0.471. The SMILES string of the molecule is COC(=O)C1OC1c1ccc(Oc2ccccc2)cc1. The van der Waals surface area contributed by atoms with Crippen LogP contribution in [0.5, 0.6) is 11.5 Å². The first-order chi connectivity index (χ1) is 9.78. The van der Waals surface area contributed by atoms with Crippen molar-refractivity contribution in [1.82, 2.24) is 0 Å². The molecule has 1 heterocycles. The van der Waals surface area contributed by atoms with E-state index >= 15 is 0 Å². The molecule has 3 rings (SSSR count). The molecule has 2 aromatic rings. The predicted octanol–water partition coefficient (Wildman–Crippen LogP) is 3.09. The standard InChI is InChI=1S/C16H14O4/c1-18-16(17)15-14(20-15)11-7-9-13(10-8-11)19-12-5-3-2-4-6-12/h2-10,14-15H,1H3. The smallest absolute Gasteiger partial charge is 0.338 e. The number of hydrogen-bond acceptors (Lipinski definition) is 4. The maximum absolute atomic E-state index is 11.3. The van der Waals surface area contributed by atoms with Gasteiger partial charge >= 0.3 is 5.97 Å². The lowest BCUT2D eigenvalue weighted by Crippen LogP contribution is -2.09. The Hall–Kier alpha value is -2.33. The van der Waals surface area contributed by atoms with E-state index in [2.05, 4.69) is 4.74 Å². The number of carbonyl (C=O) groups is 1. The summed E-state index contributed by atoms with van der Waals surface area (Å²) in [6.45, 7) is 0. The Balaban J connectivity index is 1.65. The molecule has 1 fully saturated rings. The van der Waals surface area contributed by atoms with Crippen LogP contribution < -0.4 is 4.74 Å². The Bertz CT molecular complexity index is 592. The summed E-state index contributed by atoms with van der Waals surface area (Å²) < 4.78 is 15.6. The highest BCUT2D eigenvalue weighted by Gasteiger charge is 2.47. The molecule has 0 bridgehead atoms.